The number of furan rings is 1. The van der Waals surface area contributed by atoms with Gasteiger partial charge in [0.15, 0.2) is 5.82 Å². The molecule has 1 aromatic carbocycles. The summed E-state index contributed by atoms with van der Waals surface area (Å²) in [7, 11) is 1.67. The van der Waals surface area contributed by atoms with Gasteiger partial charge in [0.2, 0.25) is 0 Å². The van der Waals surface area contributed by atoms with Crippen LogP contribution in [-0.2, 0) is 0 Å². The van der Waals surface area contributed by atoms with E-state index in [4.69, 9.17) is 19.2 Å². The fraction of sp³-hybridized carbons (Fsp3) is 0.263. The second-order valence-corrected chi connectivity index (χ2v) is 6.04. The van der Waals surface area contributed by atoms with E-state index in [1.807, 2.05) is 48.0 Å². The average molecular weight is 321 g/mol. The van der Waals surface area contributed by atoms with Gasteiger partial charge in [0.1, 0.15) is 17.6 Å². The lowest BCUT2D eigenvalue weighted by Gasteiger charge is -2.21. The van der Waals surface area contributed by atoms with Crippen molar-refractivity contribution in [2.45, 2.75) is 26.3 Å². The largest absolute Gasteiger partial charge is 0.497 e. The van der Waals surface area contributed by atoms with Crippen LogP contribution >= 0.6 is 0 Å². The number of nitrogens with zero attached hydrogens (tertiary/aromatic N) is 3. The number of aryl methyl sites for hydroxylation is 1. The maximum Gasteiger partial charge on any atom is 0.159 e. The molecule has 1 aliphatic heterocycles. The maximum absolute atomic E-state index is 5.63. The lowest BCUT2D eigenvalue weighted by atomic mass is 10.0. The topological polar surface area (TPSA) is 52.5 Å². The Balaban J connectivity index is 1.86. The van der Waals surface area contributed by atoms with E-state index in [1.54, 1.807) is 13.4 Å². The van der Waals surface area contributed by atoms with Crippen LogP contribution in [0.4, 0.5) is 5.82 Å². The number of methoxy groups -OCH3 is 1. The monoisotopic (exact) mass is 321 g/mol. The van der Waals surface area contributed by atoms with Crippen LogP contribution < -0.4 is 4.74 Å². The van der Waals surface area contributed by atoms with E-state index in [0.29, 0.717) is 0 Å². The highest BCUT2D eigenvalue weighted by Crippen LogP contribution is 2.41. The molecule has 2 aromatic heterocycles. The first-order valence-electron chi connectivity index (χ1n) is 7.98. The highest BCUT2D eigenvalue weighted by atomic mass is 16.5. The fourth-order valence-electron chi connectivity index (χ4n) is 3.25. The van der Waals surface area contributed by atoms with Crippen molar-refractivity contribution in [2.24, 2.45) is 4.99 Å². The summed E-state index contributed by atoms with van der Waals surface area (Å²) in [4.78, 5) is 4.79. The van der Waals surface area contributed by atoms with Crippen molar-refractivity contribution in [1.82, 2.24) is 9.78 Å². The predicted molar refractivity (Wildman–Crippen MR) is 93.2 cm³/mol. The Morgan fingerprint density at radius 3 is 2.62 bits per heavy atom. The van der Waals surface area contributed by atoms with E-state index in [1.165, 1.54) is 0 Å². The van der Waals surface area contributed by atoms with Crippen LogP contribution in [0.1, 0.15) is 30.8 Å². The van der Waals surface area contributed by atoms with Crippen molar-refractivity contribution in [1.29, 1.82) is 0 Å². The van der Waals surface area contributed by atoms with Gasteiger partial charge in [0.05, 0.1) is 19.1 Å². The van der Waals surface area contributed by atoms with Crippen LogP contribution in [0.5, 0.6) is 5.75 Å². The summed E-state index contributed by atoms with van der Waals surface area (Å²) >= 11 is 0. The predicted octanol–water partition coefficient (Wildman–Crippen LogP) is 4.55. The minimum Gasteiger partial charge on any atom is -0.497 e. The summed E-state index contributed by atoms with van der Waals surface area (Å²) in [5.74, 6) is 2.64. The molecule has 0 amide bonds. The van der Waals surface area contributed by atoms with Gasteiger partial charge in [-0.3, -0.25) is 0 Å². The number of rotatable bonds is 3. The van der Waals surface area contributed by atoms with E-state index >= 15 is 0 Å². The molecular weight excluding hydrogens is 302 g/mol. The minimum atomic E-state index is 0.0539. The number of hydrogen-bond acceptors (Lipinski definition) is 4. The number of benzene rings is 1. The molecule has 1 atom stereocenters. The van der Waals surface area contributed by atoms with Crippen molar-refractivity contribution >= 4 is 11.5 Å². The SMILES string of the molecule is COc1ccc(-c2c(C)nn3c2N=C(C)C[C@H]3c2ccco2)cc1. The molecule has 3 aromatic rings. The molecule has 0 fully saturated rings. The summed E-state index contributed by atoms with van der Waals surface area (Å²) in [6, 6.07) is 12.0. The Labute approximate surface area is 140 Å². The van der Waals surface area contributed by atoms with Crippen LogP contribution in [0.3, 0.4) is 0 Å². The number of aromatic nitrogens is 2. The van der Waals surface area contributed by atoms with Gasteiger partial charge in [-0.1, -0.05) is 12.1 Å². The molecule has 5 nitrogen and oxygen atoms in total. The van der Waals surface area contributed by atoms with Crippen molar-refractivity contribution < 1.29 is 9.15 Å². The summed E-state index contributed by atoms with van der Waals surface area (Å²) in [5.41, 5.74) is 4.20. The first-order chi connectivity index (χ1) is 11.7. The third-order valence-electron chi connectivity index (χ3n) is 4.39. The van der Waals surface area contributed by atoms with Gasteiger partial charge in [-0.25, -0.2) is 9.67 Å². The van der Waals surface area contributed by atoms with Gasteiger partial charge >= 0.3 is 0 Å². The Morgan fingerprint density at radius 1 is 1.17 bits per heavy atom. The van der Waals surface area contributed by atoms with E-state index in [0.717, 1.165) is 46.3 Å². The molecule has 0 N–H and O–H groups in total. The zero-order valence-electron chi connectivity index (χ0n) is 14.0. The van der Waals surface area contributed by atoms with Crippen LogP contribution in [0, 0.1) is 6.92 Å². The van der Waals surface area contributed by atoms with Gasteiger partial charge < -0.3 is 9.15 Å². The van der Waals surface area contributed by atoms with Crippen molar-refractivity contribution in [3.63, 3.8) is 0 Å². The van der Waals surface area contributed by atoms with Gasteiger partial charge in [-0.05, 0) is 43.7 Å². The highest BCUT2D eigenvalue weighted by molar-refractivity contribution is 5.89. The van der Waals surface area contributed by atoms with E-state index in [2.05, 4.69) is 6.92 Å². The molecule has 4 rings (SSSR count). The number of fused-ring (bicyclic) bond motifs is 1. The molecule has 0 bridgehead atoms. The molecule has 0 radical (unpaired) electrons. The number of ether oxygens (including phenoxy) is 1. The number of aliphatic imine (C=N–C) groups is 1. The minimum absolute atomic E-state index is 0.0539. The molecule has 1 aliphatic rings. The summed E-state index contributed by atoms with van der Waals surface area (Å²) in [6.07, 6.45) is 2.51. The molecule has 0 saturated carbocycles. The second kappa shape index (κ2) is 5.67. The molecule has 0 aliphatic carbocycles. The van der Waals surface area contributed by atoms with Crippen molar-refractivity contribution in [2.75, 3.05) is 7.11 Å². The average Bonchev–Trinajstić information content (AvgIpc) is 3.22. The fourth-order valence-corrected chi connectivity index (χ4v) is 3.25. The summed E-state index contributed by atoms with van der Waals surface area (Å²) < 4.78 is 12.9. The van der Waals surface area contributed by atoms with Gasteiger partial charge in [-0.15, -0.1) is 0 Å². The molecular formula is C19H19N3O2. The molecule has 0 saturated heterocycles. The Hall–Kier alpha value is -2.82. The van der Waals surface area contributed by atoms with E-state index in [-0.39, 0.29) is 6.04 Å². The van der Waals surface area contributed by atoms with Crippen LogP contribution in [0.2, 0.25) is 0 Å². The standard InChI is InChI=1S/C19H19N3O2/c1-12-11-16(17-5-4-10-24-17)22-19(20-12)18(13(2)21-22)14-6-8-15(23-3)9-7-14/h4-10,16H,11H2,1-3H3/t16-/m0/s1. The lowest BCUT2D eigenvalue weighted by molar-refractivity contribution is 0.409. The first kappa shape index (κ1) is 14.8. The Morgan fingerprint density at radius 2 is 1.96 bits per heavy atom. The van der Waals surface area contributed by atoms with E-state index < -0.39 is 0 Å². The van der Waals surface area contributed by atoms with Crippen LogP contribution in [0.15, 0.2) is 52.1 Å². The third-order valence-corrected chi connectivity index (χ3v) is 4.39. The maximum atomic E-state index is 5.63. The number of hydrogen-bond donors (Lipinski definition) is 0. The molecule has 122 valence electrons. The molecule has 5 heteroatoms. The highest BCUT2D eigenvalue weighted by Gasteiger charge is 2.29. The molecule has 0 unspecified atom stereocenters. The van der Waals surface area contributed by atoms with E-state index in [9.17, 15) is 0 Å². The first-order valence-corrected chi connectivity index (χ1v) is 7.98. The van der Waals surface area contributed by atoms with Gasteiger partial charge in [-0.2, -0.15) is 5.10 Å². The summed E-state index contributed by atoms with van der Waals surface area (Å²) in [5, 5.41) is 4.76. The zero-order valence-corrected chi connectivity index (χ0v) is 14.0. The van der Waals surface area contributed by atoms with Gasteiger partial charge in [0.25, 0.3) is 0 Å². The molecule has 0 spiro atoms. The lowest BCUT2D eigenvalue weighted by Crippen LogP contribution is -2.18. The zero-order chi connectivity index (χ0) is 16.7. The quantitative estimate of drug-likeness (QED) is 0.711. The second-order valence-electron chi connectivity index (χ2n) is 6.04. The Kier molecular flexibility index (Phi) is 3.49. The third kappa shape index (κ3) is 2.33. The van der Waals surface area contributed by atoms with Crippen molar-refractivity contribution in [3.8, 4) is 16.9 Å². The summed E-state index contributed by atoms with van der Waals surface area (Å²) in [6.45, 7) is 4.08. The van der Waals surface area contributed by atoms with Crippen LogP contribution in [-0.4, -0.2) is 22.6 Å². The normalized spacial score (nSPS) is 16.6. The Bertz CT molecular complexity index is 890. The van der Waals surface area contributed by atoms with Crippen LogP contribution in [0.25, 0.3) is 11.1 Å². The van der Waals surface area contributed by atoms with Gasteiger partial charge in [0, 0.05) is 17.7 Å². The smallest absolute Gasteiger partial charge is 0.159 e. The molecule has 24 heavy (non-hydrogen) atoms. The van der Waals surface area contributed by atoms with Crippen molar-refractivity contribution in [3.05, 3.63) is 54.1 Å². The molecule has 3 heterocycles.